The van der Waals surface area contributed by atoms with Gasteiger partial charge < -0.3 is 24.3 Å². The van der Waals surface area contributed by atoms with Crippen LogP contribution in [-0.2, 0) is 19.0 Å². The second kappa shape index (κ2) is 8.23. The van der Waals surface area contributed by atoms with Crippen molar-refractivity contribution in [3.05, 3.63) is 35.1 Å². The molecule has 7 heteroatoms. The van der Waals surface area contributed by atoms with Gasteiger partial charge in [-0.2, -0.15) is 0 Å². The van der Waals surface area contributed by atoms with Crippen LogP contribution in [0.4, 0.5) is 4.79 Å². The van der Waals surface area contributed by atoms with Gasteiger partial charge in [-0.3, -0.25) is 4.79 Å². The quantitative estimate of drug-likeness (QED) is 0.592. The molecule has 1 heterocycles. The van der Waals surface area contributed by atoms with E-state index in [0.29, 0.717) is 17.9 Å². The molecule has 0 unspecified atom stereocenters. The number of rotatable bonds is 7. The number of hydrogen-bond donors (Lipinski definition) is 1. The summed E-state index contributed by atoms with van der Waals surface area (Å²) in [5.74, 6) is 0.388. The van der Waals surface area contributed by atoms with Gasteiger partial charge in [0, 0.05) is 12.2 Å². The van der Waals surface area contributed by atoms with Gasteiger partial charge in [0.15, 0.2) is 0 Å². The SMILES string of the molecule is CCOCCOC(=O)OC1=C(c2ccc(C)cc2OC)C(=O)NC1(C)C. The number of benzene rings is 1. The molecule has 7 nitrogen and oxygen atoms in total. The lowest BCUT2D eigenvalue weighted by Gasteiger charge is -2.21. The zero-order chi connectivity index (χ0) is 19.3. The second-order valence-electron chi connectivity index (χ2n) is 6.38. The van der Waals surface area contributed by atoms with Crippen LogP contribution in [-0.4, -0.2) is 44.5 Å². The Morgan fingerprint density at radius 3 is 2.62 bits per heavy atom. The fourth-order valence-electron chi connectivity index (χ4n) is 2.69. The molecule has 0 spiro atoms. The third-order valence-electron chi connectivity index (χ3n) is 3.91. The van der Waals surface area contributed by atoms with Crippen molar-refractivity contribution in [3.63, 3.8) is 0 Å². The van der Waals surface area contributed by atoms with Crippen molar-refractivity contribution >= 4 is 17.6 Å². The fourth-order valence-corrected chi connectivity index (χ4v) is 2.69. The molecule has 1 aromatic rings. The van der Waals surface area contributed by atoms with Gasteiger partial charge in [-0.25, -0.2) is 4.79 Å². The second-order valence-corrected chi connectivity index (χ2v) is 6.38. The first-order valence-corrected chi connectivity index (χ1v) is 8.44. The van der Waals surface area contributed by atoms with Crippen molar-refractivity contribution in [1.82, 2.24) is 5.32 Å². The summed E-state index contributed by atoms with van der Waals surface area (Å²) in [5.41, 5.74) is 0.940. The largest absolute Gasteiger partial charge is 0.513 e. The number of hydrogen-bond acceptors (Lipinski definition) is 6. The Morgan fingerprint density at radius 1 is 1.23 bits per heavy atom. The van der Waals surface area contributed by atoms with Crippen molar-refractivity contribution in [3.8, 4) is 5.75 Å². The van der Waals surface area contributed by atoms with E-state index in [-0.39, 0.29) is 30.5 Å². The van der Waals surface area contributed by atoms with E-state index >= 15 is 0 Å². The van der Waals surface area contributed by atoms with Crippen LogP contribution in [0.25, 0.3) is 5.57 Å². The van der Waals surface area contributed by atoms with Crippen LogP contribution in [0.3, 0.4) is 0 Å². The number of ether oxygens (including phenoxy) is 4. The fraction of sp³-hybridized carbons (Fsp3) is 0.474. The summed E-state index contributed by atoms with van der Waals surface area (Å²) in [6, 6.07) is 5.45. The topological polar surface area (TPSA) is 83.1 Å². The normalized spacial score (nSPS) is 15.7. The van der Waals surface area contributed by atoms with Gasteiger partial charge in [-0.1, -0.05) is 12.1 Å². The first kappa shape index (κ1) is 19.8. The molecule has 0 aromatic heterocycles. The molecule has 2 rings (SSSR count). The maximum absolute atomic E-state index is 12.6. The van der Waals surface area contributed by atoms with Crippen LogP contribution in [0.2, 0.25) is 0 Å². The minimum Gasteiger partial charge on any atom is -0.496 e. The third-order valence-corrected chi connectivity index (χ3v) is 3.91. The van der Waals surface area contributed by atoms with Crippen LogP contribution in [0, 0.1) is 6.92 Å². The molecule has 0 atom stereocenters. The van der Waals surface area contributed by atoms with Crippen LogP contribution in [0.5, 0.6) is 5.75 Å². The lowest BCUT2D eigenvalue weighted by Crippen LogP contribution is -2.39. The van der Waals surface area contributed by atoms with Crippen LogP contribution in [0.15, 0.2) is 24.0 Å². The van der Waals surface area contributed by atoms with Gasteiger partial charge in [0.05, 0.1) is 24.8 Å². The number of carbonyl (C=O) groups is 2. The predicted molar refractivity (Wildman–Crippen MR) is 95.8 cm³/mol. The smallest absolute Gasteiger partial charge is 0.496 e. The summed E-state index contributed by atoms with van der Waals surface area (Å²) >= 11 is 0. The van der Waals surface area contributed by atoms with Gasteiger partial charge >= 0.3 is 6.16 Å². The number of aryl methyl sites for hydroxylation is 1. The van der Waals surface area contributed by atoms with Gasteiger partial charge in [-0.05, 0) is 39.3 Å². The van der Waals surface area contributed by atoms with Crippen molar-refractivity contribution in [2.45, 2.75) is 33.2 Å². The average Bonchev–Trinajstić information content (AvgIpc) is 2.80. The molecule has 1 amide bonds. The molecule has 0 aliphatic carbocycles. The Bertz CT molecular complexity index is 723. The summed E-state index contributed by atoms with van der Waals surface area (Å²) in [7, 11) is 1.53. The molecule has 1 aliphatic heterocycles. The van der Waals surface area contributed by atoms with E-state index < -0.39 is 11.7 Å². The van der Waals surface area contributed by atoms with Gasteiger partial charge in [-0.15, -0.1) is 0 Å². The van der Waals surface area contributed by atoms with E-state index in [0.717, 1.165) is 5.56 Å². The van der Waals surface area contributed by atoms with Gasteiger partial charge in [0.1, 0.15) is 18.1 Å². The summed E-state index contributed by atoms with van der Waals surface area (Å²) in [6.45, 7) is 8.17. The van der Waals surface area contributed by atoms with Crippen LogP contribution >= 0.6 is 0 Å². The van der Waals surface area contributed by atoms with Crippen LogP contribution < -0.4 is 10.1 Å². The lowest BCUT2D eigenvalue weighted by molar-refractivity contribution is -0.115. The molecule has 0 radical (unpaired) electrons. The first-order valence-electron chi connectivity index (χ1n) is 8.44. The van der Waals surface area contributed by atoms with E-state index in [4.69, 9.17) is 18.9 Å². The molecule has 0 fully saturated rings. The zero-order valence-corrected chi connectivity index (χ0v) is 15.8. The molecule has 26 heavy (non-hydrogen) atoms. The van der Waals surface area contributed by atoms with Crippen molar-refractivity contribution in [1.29, 1.82) is 0 Å². The molecule has 142 valence electrons. The van der Waals surface area contributed by atoms with E-state index in [1.165, 1.54) is 7.11 Å². The van der Waals surface area contributed by atoms with E-state index in [2.05, 4.69) is 5.32 Å². The maximum atomic E-state index is 12.6. The number of amides is 1. The molecular formula is C19H25NO6. The third kappa shape index (κ3) is 4.35. The Balaban J connectivity index is 2.34. The number of carbonyl (C=O) groups excluding carboxylic acids is 2. The summed E-state index contributed by atoms with van der Waals surface area (Å²) in [6.07, 6.45) is -0.882. The van der Waals surface area contributed by atoms with Crippen molar-refractivity contribution < 1.29 is 28.5 Å². The highest BCUT2D eigenvalue weighted by atomic mass is 16.7. The molecule has 0 saturated carbocycles. The van der Waals surface area contributed by atoms with Gasteiger partial charge in [0.2, 0.25) is 0 Å². The predicted octanol–water partition coefficient (Wildman–Crippen LogP) is 2.81. The van der Waals surface area contributed by atoms with Crippen molar-refractivity contribution in [2.24, 2.45) is 0 Å². The van der Waals surface area contributed by atoms with E-state index in [1.54, 1.807) is 19.9 Å². The van der Waals surface area contributed by atoms with Gasteiger partial charge in [0.25, 0.3) is 5.91 Å². The highest BCUT2D eigenvalue weighted by molar-refractivity contribution is 6.24. The van der Waals surface area contributed by atoms with Crippen LogP contribution in [0.1, 0.15) is 31.9 Å². The Kier molecular flexibility index (Phi) is 6.26. The Morgan fingerprint density at radius 2 is 1.96 bits per heavy atom. The highest BCUT2D eigenvalue weighted by Crippen LogP contribution is 2.38. The first-order chi connectivity index (χ1) is 12.3. The zero-order valence-electron chi connectivity index (χ0n) is 15.8. The Labute approximate surface area is 153 Å². The maximum Gasteiger partial charge on any atom is 0.513 e. The molecule has 0 saturated heterocycles. The molecule has 0 bridgehead atoms. The highest BCUT2D eigenvalue weighted by Gasteiger charge is 2.42. The molecule has 1 aliphatic rings. The summed E-state index contributed by atoms with van der Waals surface area (Å²) in [5, 5.41) is 2.81. The van der Waals surface area contributed by atoms with E-state index in [9.17, 15) is 9.59 Å². The molecule has 1 N–H and O–H groups in total. The minimum absolute atomic E-state index is 0.0743. The number of nitrogens with one attached hydrogen (secondary N) is 1. The monoisotopic (exact) mass is 363 g/mol. The molecule has 1 aromatic carbocycles. The Hall–Kier alpha value is -2.54. The molecular weight excluding hydrogens is 338 g/mol. The summed E-state index contributed by atoms with van der Waals surface area (Å²) in [4.78, 5) is 24.6. The van der Waals surface area contributed by atoms with Crippen molar-refractivity contribution in [2.75, 3.05) is 26.9 Å². The standard InChI is InChI=1S/C19H25NO6/c1-6-24-9-10-25-18(22)26-16-15(17(21)20-19(16,3)4)13-8-7-12(2)11-14(13)23-5/h7-8,11H,6,9-10H2,1-5H3,(H,20,21). The number of methoxy groups -OCH3 is 1. The van der Waals surface area contributed by atoms with E-state index in [1.807, 2.05) is 26.0 Å². The summed E-state index contributed by atoms with van der Waals surface area (Å²) < 4.78 is 20.9. The minimum atomic E-state index is -0.882. The lowest BCUT2D eigenvalue weighted by atomic mass is 9.98. The average molecular weight is 363 g/mol.